The van der Waals surface area contributed by atoms with Crippen molar-refractivity contribution in [1.82, 2.24) is 4.90 Å². The minimum atomic E-state index is -0.238. The molecule has 0 spiro atoms. The largest absolute Gasteiger partial charge is 0.370 e. The van der Waals surface area contributed by atoms with E-state index in [1.807, 2.05) is 32.3 Å². The van der Waals surface area contributed by atoms with Gasteiger partial charge in [-0.05, 0) is 26.1 Å². The van der Waals surface area contributed by atoms with Gasteiger partial charge in [0.05, 0.1) is 0 Å². The summed E-state index contributed by atoms with van der Waals surface area (Å²) in [6, 6.07) is 10.4. The number of benzene rings is 1. The number of rotatable bonds is 5. The van der Waals surface area contributed by atoms with Crippen LogP contribution in [0.1, 0.15) is 24.4 Å². The molecule has 1 aromatic carbocycles. The van der Waals surface area contributed by atoms with E-state index in [0.717, 1.165) is 6.42 Å². The molecule has 1 aromatic rings. The molecule has 0 aliphatic rings. The van der Waals surface area contributed by atoms with E-state index in [4.69, 9.17) is 5.73 Å². The Bertz CT molecular complexity index is 309. The highest BCUT2D eigenvalue weighted by atomic mass is 16.1. The van der Waals surface area contributed by atoms with Crippen molar-refractivity contribution < 1.29 is 4.79 Å². The number of carbonyl (C=O) groups is 1. The first-order valence-corrected chi connectivity index (χ1v) is 5.11. The summed E-state index contributed by atoms with van der Waals surface area (Å²) < 4.78 is 0. The molecule has 0 bridgehead atoms. The number of primary amides is 1. The van der Waals surface area contributed by atoms with Crippen LogP contribution in [-0.2, 0) is 4.79 Å². The molecule has 1 amide bonds. The van der Waals surface area contributed by atoms with Crippen molar-refractivity contribution >= 4 is 5.91 Å². The fraction of sp³-hybridized carbons (Fsp3) is 0.417. The molecule has 3 heteroatoms. The maximum Gasteiger partial charge on any atom is 0.217 e. The molecule has 0 fully saturated rings. The van der Waals surface area contributed by atoms with Crippen LogP contribution >= 0.6 is 0 Å². The van der Waals surface area contributed by atoms with E-state index in [2.05, 4.69) is 17.0 Å². The topological polar surface area (TPSA) is 46.3 Å². The zero-order valence-corrected chi connectivity index (χ0v) is 9.31. The standard InChI is InChI=1S/C12H18N2O/c1-14(2)11(8-9-12(13)15)10-6-4-3-5-7-10/h3-7,11H,8-9H2,1-2H3,(H2,13,15). The highest BCUT2D eigenvalue weighted by molar-refractivity contribution is 5.73. The van der Waals surface area contributed by atoms with E-state index in [9.17, 15) is 4.79 Å². The van der Waals surface area contributed by atoms with E-state index in [1.54, 1.807) is 0 Å². The maximum absolute atomic E-state index is 10.8. The predicted molar refractivity (Wildman–Crippen MR) is 61.3 cm³/mol. The second-order valence-corrected chi connectivity index (χ2v) is 3.90. The monoisotopic (exact) mass is 206 g/mol. The lowest BCUT2D eigenvalue weighted by Crippen LogP contribution is -2.22. The second kappa shape index (κ2) is 5.51. The summed E-state index contributed by atoms with van der Waals surface area (Å²) in [7, 11) is 4.03. The summed E-state index contributed by atoms with van der Waals surface area (Å²) in [6.07, 6.45) is 1.20. The van der Waals surface area contributed by atoms with Crippen LogP contribution in [0.4, 0.5) is 0 Å². The molecule has 0 aliphatic carbocycles. The van der Waals surface area contributed by atoms with Gasteiger partial charge in [0.1, 0.15) is 0 Å². The molecule has 1 atom stereocenters. The van der Waals surface area contributed by atoms with Crippen molar-refractivity contribution in [2.24, 2.45) is 5.73 Å². The fourth-order valence-corrected chi connectivity index (χ4v) is 1.68. The summed E-state index contributed by atoms with van der Waals surface area (Å²) in [5, 5.41) is 0. The van der Waals surface area contributed by atoms with Crippen molar-refractivity contribution in [3.63, 3.8) is 0 Å². The van der Waals surface area contributed by atoms with Crippen molar-refractivity contribution in [2.45, 2.75) is 18.9 Å². The molecule has 0 saturated carbocycles. The Balaban J connectivity index is 2.70. The van der Waals surface area contributed by atoms with Crippen molar-refractivity contribution in [3.05, 3.63) is 35.9 Å². The van der Waals surface area contributed by atoms with Gasteiger partial charge < -0.3 is 10.6 Å². The van der Waals surface area contributed by atoms with Gasteiger partial charge in [0.15, 0.2) is 0 Å². The quantitative estimate of drug-likeness (QED) is 0.794. The van der Waals surface area contributed by atoms with Crippen LogP contribution in [-0.4, -0.2) is 24.9 Å². The zero-order chi connectivity index (χ0) is 11.3. The first-order valence-electron chi connectivity index (χ1n) is 5.11. The summed E-state index contributed by atoms with van der Waals surface area (Å²) in [6.45, 7) is 0. The summed E-state index contributed by atoms with van der Waals surface area (Å²) >= 11 is 0. The first-order chi connectivity index (χ1) is 7.11. The Morgan fingerprint density at radius 2 is 1.93 bits per heavy atom. The van der Waals surface area contributed by atoms with E-state index >= 15 is 0 Å². The molecular formula is C12H18N2O. The third-order valence-corrected chi connectivity index (χ3v) is 2.47. The van der Waals surface area contributed by atoms with E-state index in [0.29, 0.717) is 6.42 Å². The lowest BCUT2D eigenvalue weighted by atomic mass is 10.0. The van der Waals surface area contributed by atoms with Crippen LogP contribution in [0.2, 0.25) is 0 Å². The Labute approximate surface area is 90.9 Å². The Morgan fingerprint density at radius 1 is 1.33 bits per heavy atom. The molecule has 0 aliphatic heterocycles. The van der Waals surface area contributed by atoms with Crippen LogP contribution < -0.4 is 5.73 Å². The minimum Gasteiger partial charge on any atom is -0.370 e. The van der Waals surface area contributed by atoms with Gasteiger partial charge in [0, 0.05) is 12.5 Å². The molecule has 3 nitrogen and oxygen atoms in total. The Hall–Kier alpha value is -1.35. The van der Waals surface area contributed by atoms with E-state index in [-0.39, 0.29) is 11.9 Å². The maximum atomic E-state index is 10.8. The van der Waals surface area contributed by atoms with Gasteiger partial charge in [-0.15, -0.1) is 0 Å². The van der Waals surface area contributed by atoms with Gasteiger partial charge >= 0.3 is 0 Å². The van der Waals surface area contributed by atoms with Crippen LogP contribution in [0, 0.1) is 0 Å². The van der Waals surface area contributed by atoms with Crippen LogP contribution in [0.3, 0.4) is 0 Å². The van der Waals surface area contributed by atoms with Crippen molar-refractivity contribution in [1.29, 1.82) is 0 Å². The molecule has 82 valence electrons. The molecule has 15 heavy (non-hydrogen) atoms. The van der Waals surface area contributed by atoms with Crippen LogP contribution in [0.25, 0.3) is 0 Å². The molecule has 0 radical (unpaired) electrons. The Morgan fingerprint density at radius 3 is 2.40 bits per heavy atom. The van der Waals surface area contributed by atoms with Crippen LogP contribution in [0.5, 0.6) is 0 Å². The highest BCUT2D eigenvalue weighted by Crippen LogP contribution is 2.22. The van der Waals surface area contributed by atoms with Gasteiger partial charge in [-0.2, -0.15) is 0 Å². The lowest BCUT2D eigenvalue weighted by Gasteiger charge is -2.24. The zero-order valence-electron chi connectivity index (χ0n) is 9.31. The summed E-state index contributed by atoms with van der Waals surface area (Å²) in [5.74, 6) is -0.238. The molecule has 1 unspecified atom stereocenters. The van der Waals surface area contributed by atoms with Gasteiger partial charge in [-0.3, -0.25) is 4.79 Å². The van der Waals surface area contributed by atoms with Crippen molar-refractivity contribution in [2.75, 3.05) is 14.1 Å². The predicted octanol–water partition coefficient (Wildman–Crippen LogP) is 1.55. The molecule has 0 aromatic heterocycles. The van der Waals surface area contributed by atoms with Crippen molar-refractivity contribution in [3.8, 4) is 0 Å². The van der Waals surface area contributed by atoms with Gasteiger partial charge in [-0.1, -0.05) is 30.3 Å². The number of carbonyl (C=O) groups excluding carboxylic acids is 1. The lowest BCUT2D eigenvalue weighted by molar-refractivity contribution is -0.118. The number of hydrogen-bond donors (Lipinski definition) is 1. The number of hydrogen-bond acceptors (Lipinski definition) is 2. The van der Waals surface area contributed by atoms with Gasteiger partial charge in [0.25, 0.3) is 0 Å². The van der Waals surface area contributed by atoms with E-state index in [1.165, 1.54) is 5.56 Å². The number of nitrogens with zero attached hydrogens (tertiary/aromatic N) is 1. The highest BCUT2D eigenvalue weighted by Gasteiger charge is 2.14. The normalized spacial score (nSPS) is 12.7. The van der Waals surface area contributed by atoms with E-state index < -0.39 is 0 Å². The van der Waals surface area contributed by atoms with Gasteiger partial charge in [-0.25, -0.2) is 0 Å². The molecule has 2 N–H and O–H groups in total. The third kappa shape index (κ3) is 3.72. The summed E-state index contributed by atoms with van der Waals surface area (Å²) in [4.78, 5) is 12.9. The SMILES string of the molecule is CN(C)C(CCC(N)=O)c1ccccc1. The first kappa shape index (κ1) is 11.7. The number of amides is 1. The number of nitrogens with two attached hydrogens (primary N) is 1. The minimum absolute atomic E-state index is 0.238. The molecule has 1 rings (SSSR count). The third-order valence-electron chi connectivity index (χ3n) is 2.47. The smallest absolute Gasteiger partial charge is 0.217 e. The molecule has 0 heterocycles. The molecule has 0 saturated heterocycles. The fourth-order valence-electron chi connectivity index (χ4n) is 1.68. The molecular weight excluding hydrogens is 188 g/mol. The second-order valence-electron chi connectivity index (χ2n) is 3.90. The van der Waals surface area contributed by atoms with Crippen LogP contribution in [0.15, 0.2) is 30.3 Å². The Kier molecular flexibility index (Phi) is 4.31. The summed E-state index contributed by atoms with van der Waals surface area (Å²) in [5.41, 5.74) is 6.39. The average molecular weight is 206 g/mol. The average Bonchev–Trinajstić information content (AvgIpc) is 2.18. The van der Waals surface area contributed by atoms with Gasteiger partial charge in [0.2, 0.25) is 5.91 Å².